The summed E-state index contributed by atoms with van der Waals surface area (Å²) in [5.41, 5.74) is 45.1. The van der Waals surface area contributed by atoms with Crippen molar-refractivity contribution in [2.75, 3.05) is 0 Å². The highest BCUT2D eigenvalue weighted by Crippen LogP contribution is 2.59. The number of aryl methyl sites for hydroxylation is 10. The van der Waals surface area contributed by atoms with Crippen LogP contribution in [0.25, 0.3) is 133 Å². The highest BCUT2D eigenvalue weighted by atomic mass is 19.1. The van der Waals surface area contributed by atoms with E-state index in [1.165, 1.54) is 264 Å². The van der Waals surface area contributed by atoms with Crippen molar-refractivity contribution in [1.82, 2.24) is 19.9 Å². The van der Waals surface area contributed by atoms with E-state index in [2.05, 4.69) is 328 Å². The van der Waals surface area contributed by atoms with Gasteiger partial charge in [0, 0.05) is 143 Å². The SMILES string of the molecule is Cc1cc(-c2cc3c(cc2C)-c2cccnc2C32CCCC2)[n+](C)cc1-c1ccc(F)cc1.Cc1cc(-c2cc3c(cc2C)-c2cccnc2C32CCCC2)[n+](C)cc1-c1ccccc1.Cc1cc2c(cc1-c1cc3ccccc3c[n+]1C)C(C)(C)c1ncccc1-2.Cc1cc2c(cc1-c1ccc3ccccc3[n+]1C)C(C)(C)c1ncccc1-2. The zero-order chi connectivity index (χ0) is 82.1. The topological polar surface area (TPSA) is 67.1 Å². The molecule has 0 unspecified atom stereocenters. The lowest BCUT2D eigenvalue weighted by Crippen LogP contribution is -2.32. The minimum atomic E-state index is -0.206. The third-order valence-electron chi connectivity index (χ3n) is 27.6. The fourth-order valence-electron chi connectivity index (χ4n) is 21.4. The van der Waals surface area contributed by atoms with Gasteiger partial charge in [0.25, 0.3) is 0 Å². The van der Waals surface area contributed by atoms with Gasteiger partial charge < -0.3 is 0 Å². The van der Waals surface area contributed by atoms with Crippen LogP contribution < -0.4 is 18.3 Å². The summed E-state index contributed by atoms with van der Waals surface area (Å²) in [5, 5.41) is 3.80. The third kappa shape index (κ3) is 12.7. The normalized spacial score (nSPS) is 15.0. The van der Waals surface area contributed by atoms with Crippen LogP contribution in [-0.4, -0.2) is 19.9 Å². The molecule has 0 bridgehead atoms. The van der Waals surface area contributed by atoms with E-state index >= 15 is 0 Å². The largest absolute Gasteiger partial charge is 0.260 e. The fourth-order valence-corrected chi connectivity index (χ4v) is 21.4. The molecule has 2 spiro atoms. The number of rotatable bonds is 6. The lowest BCUT2D eigenvalue weighted by Gasteiger charge is -2.25. The summed E-state index contributed by atoms with van der Waals surface area (Å²) in [5.74, 6) is -0.206. The quantitative estimate of drug-likeness (QED) is 0.156. The first kappa shape index (κ1) is 76.4. The number of halogens is 1. The second-order valence-corrected chi connectivity index (χ2v) is 35.6. The Kier molecular flexibility index (Phi) is 18.9. The number of benzene rings is 8. The van der Waals surface area contributed by atoms with Crippen LogP contribution in [0.5, 0.6) is 0 Å². The van der Waals surface area contributed by atoms with Crippen molar-refractivity contribution in [1.29, 1.82) is 0 Å². The molecule has 16 aromatic rings. The van der Waals surface area contributed by atoms with Gasteiger partial charge in [-0.25, -0.2) is 18.1 Å². The predicted molar refractivity (Wildman–Crippen MR) is 482 cm³/mol. The smallest absolute Gasteiger partial charge is 0.213 e. The highest BCUT2D eigenvalue weighted by Gasteiger charge is 2.49. The van der Waals surface area contributed by atoms with Gasteiger partial charge in [-0.15, -0.1) is 0 Å². The van der Waals surface area contributed by atoms with Crippen LogP contribution >= 0.6 is 0 Å². The number of pyridine rings is 8. The van der Waals surface area contributed by atoms with Gasteiger partial charge in [-0.3, -0.25) is 19.9 Å². The summed E-state index contributed by atoms with van der Waals surface area (Å²) in [6.45, 7) is 22.4. The lowest BCUT2D eigenvalue weighted by atomic mass is 9.78. The fraction of sp³-hybridized carbons (Fsp3) is 0.236. The first-order valence-corrected chi connectivity index (χ1v) is 42.5. The highest BCUT2D eigenvalue weighted by molar-refractivity contribution is 5.90. The van der Waals surface area contributed by atoms with E-state index in [9.17, 15) is 4.39 Å². The Labute approximate surface area is 700 Å². The summed E-state index contributed by atoms with van der Waals surface area (Å²) in [6, 6.07) is 82.3. The molecular formula is C110H103FN8+4. The molecule has 2 saturated carbocycles. The first-order valence-electron chi connectivity index (χ1n) is 42.5. The number of para-hydroxylation sites is 1. The van der Waals surface area contributed by atoms with Crippen LogP contribution in [0.15, 0.2) is 274 Å². The van der Waals surface area contributed by atoms with Crippen molar-refractivity contribution >= 4 is 21.7 Å². The van der Waals surface area contributed by atoms with Gasteiger partial charge >= 0.3 is 0 Å². The zero-order valence-electron chi connectivity index (χ0n) is 71.1. The van der Waals surface area contributed by atoms with Crippen molar-refractivity contribution < 1.29 is 22.7 Å². The van der Waals surface area contributed by atoms with E-state index in [-0.39, 0.29) is 27.5 Å². The van der Waals surface area contributed by atoms with Crippen LogP contribution in [0.4, 0.5) is 4.39 Å². The minimum absolute atomic E-state index is 0.0655. The molecule has 0 saturated heterocycles. The average Bonchev–Trinajstić information content (AvgIpc) is 1.55. The van der Waals surface area contributed by atoms with Crippen molar-refractivity contribution in [3.8, 4) is 112 Å². The van der Waals surface area contributed by atoms with Crippen LogP contribution in [0.1, 0.15) is 157 Å². The maximum atomic E-state index is 13.4. The van der Waals surface area contributed by atoms with Crippen LogP contribution in [0, 0.1) is 47.4 Å². The van der Waals surface area contributed by atoms with E-state index < -0.39 is 0 Å². The molecule has 6 aliphatic rings. The van der Waals surface area contributed by atoms with Gasteiger partial charge in [0.05, 0.1) is 22.8 Å². The van der Waals surface area contributed by atoms with Crippen molar-refractivity contribution in [2.45, 2.75) is 142 Å². The van der Waals surface area contributed by atoms with Gasteiger partial charge in [-0.05, 0) is 240 Å². The van der Waals surface area contributed by atoms with Gasteiger partial charge in [0.1, 0.15) is 34.0 Å². The van der Waals surface area contributed by atoms with Crippen LogP contribution in [-0.2, 0) is 49.9 Å². The number of aromatic nitrogens is 8. The van der Waals surface area contributed by atoms with E-state index in [0.717, 1.165) is 11.1 Å². The van der Waals surface area contributed by atoms with E-state index in [1.54, 1.807) is 0 Å². The van der Waals surface area contributed by atoms with E-state index in [0.29, 0.717) is 0 Å². The Morgan fingerprint density at radius 2 is 0.630 bits per heavy atom. The molecule has 8 aromatic carbocycles. The number of hydrogen-bond acceptors (Lipinski definition) is 4. The summed E-state index contributed by atoms with van der Waals surface area (Å²) in [7, 11) is 8.58. The summed E-state index contributed by atoms with van der Waals surface area (Å²) < 4.78 is 22.5. The number of hydrogen-bond donors (Lipinski definition) is 0. The molecule has 0 radical (unpaired) electrons. The molecule has 0 amide bonds. The molecule has 22 rings (SSSR count). The Morgan fingerprint density at radius 3 is 1.09 bits per heavy atom. The van der Waals surface area contributed by atoms with Crippen LogP contribution in [0.3, 0.4) is 0 Å². The number of nitrogens with zero attached hydrogens (tertiary/aromatic N) is 8. The average molecular weight is 1560 g/mol. The lowest BCUT2D eigenvalue weighted by molar-refractivity contribution is -0.660. The third-order valence-corrected chi connectivity index (χ3v) is 27.6. The van der Waals surface area contributed by atoms with Gasteiger partial charge in [-0.1, -0.05) is 175 Å². The summed E-state index contributed by atoms with van der Waals surface area (Å²) in [6.07, 6.45) is 24.3. The van der Waals surface area contributed by atoms with E-state index in [4.69, 9.17) is 19.9 Å². The monoisotopic (exact) mass is 1550 g/mol. The van der Waals surface area contributed by atoms with Gasteiger partial charge in [0.15, 0.2) is 18.6 Å². The van der Waals surface area contributed by atoms with Gasteiger partial charge in [-0.2, -0.15) is 4.57 Å². The van der Waals surface area contributed by atoms with Crippen LogP contribution in [0.2, 0.25) is 0 Å². The molecule has 6 aliphatic carbocycles. The molecular weight excluding hydrogens is 1450 g/mol. The molecule has 2 fully saturated rings. The molecule has 9 heteroatoms. The second-order valence-electron chi connectivity index (χ2n) is 35.6. The molecule has 0 N–H and O–H groups in total. The zero-order valence-corrected chi connectivity index (χ0v) is 71.1. The van der Waals surface area contributed by atoms with Gasteiger partial charge in [0.2, 0.25) is 28.3 Å². The molecule has 0 atom stereocenters. The maximum Gasteiger partial charge on any atom is 0.213 e. The van der Waals surface area contributed by atoms with Crippen molar-refractivity contribution in [2.24, 2.45) is 28.2 Å². The Morgan fingerprint density at radius 1 is 0.277 bits per heavy atom. The number of fused-ring (bicyclic) bond motifs is 18. The predicted octanol–water partition coefficient (Wildman–Crippen LogP) is 24.2. The summed E-state index contributed by atoms with van der Waals surface area (Å²) in [4.78, 5) is 19.2. The molecule has 8 aromatic heterocycles. The molecule has 119 heavy (non-hydrogen) atoms. The van der Waals surface area contributed by atoms with Crippen molar-refractivity contribution in [3.63, 3.8) is 0 Å². The maximum absolute atomic E-state index is 13.4. The standard InChI is InChI=1S/C30H28FN2.C30H29N2.2C25H23N2/c1-19-15-25-23-7-6-14-32-29(23)30(12-4-5-13-30)27(25)17-24(19)28-16-20(2)26(18-33(28)3)21-8-10-22(31)11-9-21;1-20-16-25-23-12-9-15-31-29(23)30(13-7-8-14-30)27(25)18-24(20)28-17-21(2)26(19-32(28)3)22-10-5-4-6-11-22;1-16-14-20-18-9-7-13-26-24(18)25(2,3)21(20)15-19(16)23-12-11-17-8-5-6-10-22(17)27(23)4;1-16-12-21-19-10-7-11-26-24(19)25(2,3)22(21)14-20(16)23-13-17-8-5-6-9-18(17)15-27(23)4/h6-11,14-18H,4-5,12-13H2,1-3H3;4-6,9-12,15-19H,7-8,13-14H2,1-3H3;2*5-15H,1-4H3/q4*+1. The molecule has 0 aliphatic heterocycles. The Bertz CT molecular complexity index is 6700. The van der Waals surface area contributed by atoms with Crippen molar-refractivity contribution in [3.05, 3.63) is 358 Å². The first-order chi connectivity index (χ1) is 57.5. The molecule has 8 nitrogen and oxygen atoms in total. The summed E-state index contributed by atoms with van der Waals surface area (Å²) >= 11 is 0. The Hall–Kier alpha value is -12.6. The molecule has 586 valence electrons. The minimum Gasteiger partial charge on any atom is -0.260 e. The van der Waals surface area contributed by atoms with E-state index in [1.807, 2.05) is 49.1 Å². The molecule has 8 heterocycles. The second kappa shape index (κ2) is 29.5. The Balaban J connectivity index is 0.000000106.